The molecular weight excluding hydrogens is 300 g/mol. The van der Waals surface area contributed by atoms with Crippen molar-refractivity contribution in [2.24, 2.45) is 0 Å². The molecule has 3 heteroatoms. The maximum absolute atomic E-state index is 6.60. The topological polar surface area (TPSA) is 9.23 Å². The van der Waals surface area contributed by atoms with Gasteiger partial charge in [-0.2, -0.15) is 0 Å². The normalized spacial score (nSPS) is 14.3. The molecule has 0 aliphatic heterocycles. The molecule has 2 aromatic rings. The summed E-state index contributed by atoms with van der Waals surface area (Å²) in [6, 6.07) is 21.8. The predicted octanol–water partition coefficient (Wildman–Crippen LogP) is 3.76. The van der Waals surface area contributed by atoms with E-state index in [1.165, 1.54) is 10.4 Å². The van der Waals surface area contributed by atoms with Crippen LogP contribution in [0.2, 0.25) is 19.6 Å². The van der Waals surface area contributed by atoms with E-state index in [1.54, 1.807) is 0 Å². The monoisotopic (exact) mass is 326 g/mol. The van der Waals surface area contributed by atoms with E-state index in [1.807, 2.05) is 6.08 Å². The van der Waals surface area contributed by atoms with Gasteiger partial charge in [0.05, 0.1) is 0 Å². The van der Waals surface area contributed by atoms with Gasteiger partial charge in [0.15, 0.2) is 0 Å². The Balaban J connectivity index is 2.45. The Kier molecular flexibility index (Phi) is 5.56. The van der Waals surface area contributed by atoms with E-state index in [2.05, 4.69) is 86.9 Å². The summed E-state index contributed by atoms with van der Waals surface area (Å²) in [7, 11) is -3.78. The van der Waals surface area contributed by atoms with Crippen molar-refractivity contribution < 1.29 is 4.43 Å². The molecule has 1 unspecified atom stereocenters. The smallest absolute Gasteiger partial charge is 0.212 e. The lowest BCUT2D eigenvalue weighted by molar-refractivity contribution is 0.330. The molecule has 2 rings (SSSR count). The third-order valence-electron chi connectivity index (χ3n) is 4.73. The first-order chi connectivity index (χ1) is 10.5. The highest BCUT2D eigenvalue weighted by molar-refractivity contribution is 7.48. The second-order valence-electron chi connectivity index (χ2n) is 6.32. The molecule has 0 aromatic heterocycles. The van der Waals surface area contributed by atoms with Gasteiger partial charge >= 0.3 is 0 Å². The molecule has 0 saturated heterocycles. The summed E-state index contributed by atoms with van der Waals surface area (Å²) in [5.74, 6) is 0. The van der Waals surface area contributed by atoms with Crippen LogP contribution in [0, 0.1) is 0 Å². The van der Waals surface area contributed by atoms with Crippen LogP contribution in [0.25, 0.3) is 0 Å². The lowest BCUT2D eigenvalue weighted by Gasteiger charge is -2.41. The standard InChI is InChI=1S/C19H26OSi2/c1-5-6-17-20-22(4,19-15-11-8-12-16-19)21(2,3)18-13-9-7-10-14-18/h5,7-16H,1,6,17H2,2-4H3. The van der Waals surface area contributed by atoms with Crippen molar-refractivity contribution in [3.05, 3.63) is 73.3 Å². The van der Waals surface area contributed by atoms with Crippen LogP contribution in [0.3, 0.4) is 0 Å². The van der Waals surface area contributed by atoms with Crippen LogP contribution in [0.4, 0.5) is 0 Å². The highest BCUT2D eigenvalue weighted by atomic mass is 29.3. The Morgan fingerprint density at radius 3 is 1.86 bits per heavy atom. The Labute approximate surface area is 136 Å². The van der Waals surface area contributed by atoms with E-state index < -0.39 is 15.4 Å². The molecule has 0 heterocycles. The summed E-state index contributed by atoms with van der Waals surface area (Å²) < 4.78 is 6.60. The van der Waals surface area contributed by atoms with E-state index in [9.17, 15) is 0 Å². The van der Waals surface area contributed by atoms with Crippen molar-refractivity contribution >= 4 is 25.8 Å². The fraction of sp³-hybridized carbons (Fsp3) is 0.263. The zero-order valence-electron chi connectivity index (χ0n) is 13.9. The molecule has 0 aliphatic rings. The molecule has 0 amide bonds. The second kappa shape index (κ2) is 7.22. The molecule has 1 nitrogen and oxygen atoms in total. The Hall–Kier alpha value is -1.43. The average molecular weight is 327 g/mol. The van der Waals surface area contributed by atoms with E-state index in [-0.39, 0.29) is 0 Å². The van der Waals surface area contributed by atoms with E-state index in [0.717, 1.165) is 13.0 Å². The molecule has 0 spiro atoms. The fourth-order valence-electron chi connectivity index (χ4n) is 2.86. The molecule has 0 saturated carbocycles. The highest BCUT2D eigenvalue weighted by Crippen LogP contribution is 2.21. The zero-order chi connectivity index (χ0) is 16.1. The molecule has 0 aliphatic carbocycles. The van der Waals surface area contributed by atoms with Gasteiger partial charge < -0.3 is 4.43 Å². The van der Waals surface area contributed by atoms with Crippen LogP contribution in [0.1, 0.15) is 6.42 Å². The molecular formula is C19H26OSi2. The summed E-state index contributed by atoms with van der Waals surface area (Å²) in [5.41, 5.74) is 0. The van der Waals surface area contributed by atoms with Gasteiger partial charge in [-0.05, 0) is 18.2 Å². The van der Waals surface area contributed by atoms with Crippen LogP contribution in [-0.4, -0.2) is 22.0 Å². The van der Waals surface area contributed by atoms with Crippen molar-refractivity contribution in [1.29, 1.82) is 0 Å². The quantitative estimate of drug-likeness (QED) is 0.428. The van der Waals surface area contributed by atoms with Gasteiger partial charge in [0.2, 0.25) is 7.83 Å². The summed E-state index contributed by atoms with van der Waals surface area (Å²) in [5, 5.41) is 2.88. The number of benzene rings is 2. The SMILES string of the molecule is C=CCCO[Si](C)(c1ccccc1)[Si](C)(C)c1ccccc1. The third kappa shape index (κ3) is 3.32. The first-order valence-corrected chi connectivity index (χ1v) is 14.3. The summed E-state index contributed by atoms with van der Waals surface area (Å²) in [6.45, 7) is 11.9. The average Bonchev–Trinajstić information content (AvgIpc) is 2.56. The minimum Gasteiger partial charge on any atom is -0.415 e. The van der Waals surface area contributed by atoms with Gasteiger partial charge in [-0.3, -0.25) is 0 Å². The lowest BCUT2D eigenvalue weighted by atomic mass is 10.4. The molecule has 0 radical (unpaired) electrons. The van der Waals surface area contributed by atoms with Gasteiger partial charge in [0.25, 0.3) is 0 Å². The Bertz CT molecular complexity index is 595. The number of rotatable bonds is 7. The summed E-state index contributed by atoms with van der Waals surface area (Å²) >= 11 is 0. The molecule has 2 aromatic carbocycles. The minimum absolute atomic E-state index is 0.768. The first-order valence-electron chi connectivity index (χ1n) is 7.88. The molecule has 1 atom stereocenters. The van der Waals surface area contributed by atoms with Crippen LogP contribution in [0.5, 0.6) is 0 Å². The van der Waals surface area contributed by atoms with Gasteiger partial charge in [-0.1, -0.05) is 85.0 Å². The van der Waals surface area contributed by atoms with E-state index >= 15 is 0 Å². The van der Waals surface area contributed by atoms with Crippen LogP contribution >= 0.6 is 0 Å². The largest absolute Gasteiger partial charge is 0.415 e. The molecule has 22 heavy (non-hydrogen) atoms. The Morgan fingerprint density at radius 2 is 1.36 bits per heavy atom. The molecule has 0 N–H and O–H groups in total. The van der Waals surface area contributed by atoms with Crippen molar-refractivity contribution in [1.82, 2.24) is 0 Å². The predicted molar refractivity (Wildman–Crippen MR) is 102 cm³/mol. The second-order valence-corrected chi connectivity index (χ2v) is 19.7. The Morgan fingerprint density at radius 1 is 0.864 bits per heavy atom. The maximum atomic E-state index is 6.60. The zero-order valence-corrected chi connectivity index (χ0v) is 15.9. The van der Waals surface area contributed by atoms with Crippen molar-refractivity contribution in [3.8, 4) is 0 Å². The summed E-state index contributed by atoms with van der Waals surface area (Å²) in [6.07, 6.45) is 2.85. The van der Waals surface area contributed by atoms with E-state index in [0.29, 0.717) is 0 Å². The highest BCUT2D eigenvalue weighted by Gasteiger charge is 2.49. The van der Waals surface area contributed by atoms with E-state index in [4.69, 9.17) is 4.43 Å². The van der Waals surface area contributed by atoms with Gasteiger partial charge in [-0.15, -0.1) is 6.58 Å². The maximum Gasteiger partial charge on any atom is 0.212 e. The third-order valence-corrected chi connectivity index (χ3v) is 20.4. The van der Waals surface area contributed by atoms with Crippen LogP contribution in [0.15, 0.2) is 73.3 Å². The van der Waals surface area contributed by atoms with Crippen LogP contribution in [-0.2, 0) is 4.43 Å². The molecule has 0 fully saturated rings. The van der Waals surface area contributed by atoms with Crippen molar-refractivity contribution in [2.75, 3.05) is 6.61 Å². The number of hydrogen-bond acceptors (Lipinski definition) is 1. The molecule has 0 bridgehead atoms. The summed E-state index contributed by atoms with van der Waals surface area (Å²) in [4.78, 5) is 0. The minimum atomic E-state index is -2.04. The number of hydrogen-bond donors (Lipinski definition) is 0. The van der Waals surface area contributed by atoms with Crippen molar-refractivity contribution in [3.63, 3.8) is 0 Å². The molecule has 116 valence electrons. The van der Waals surface area contributed by atoms with Crippen LogP contribution < -0.4 is 10.4 Å². The fourth-order valence-corrected chi connectivity index (χ4v) is 13.2. The lowest BCUT2D eigenvalue weighted by Crippen LogP contribution is -2.72. The van der Waals surface area contributed by atoms with Gasteiger partial charge in [-0.25, -0.2) is 0 Å². The van der Waals surface area contributed by atoms with Gasteiger partial charge in [0.1, 0.15) is 7.59 Å². The van der Waals surface area contributed by atoms with Crippen molar-refractivity contribution in [2.45, 2.75) is 26.1 Å². The first kappa shape index (κ1) is 16.9. The van der Waals surface area contributed by atoms with Gasteiger partial charge in [0, 0.05) is 6.61 Å².